The van der Waals surface area contributed by atoms with Crippen LogP contribution in [-0.2, 0) is 28.2 Å². The first kappa shape index (κ1) is 38.6. The number of rotatable bonds is 16. The van der Waals surface area contributed by atoms with E-state index in [9.17, 15) is 9.90 Å². The van der Waals surface area contributed by atoms with Crippen LogP contribution in [0.5, 0.6) is 5.75 Å². The maximum absolute atomic E-state index is 11.2. The van der Waals surface area contributed by atoms with Crippen molar-refractivity contribution in [2.75, 3.05) is 19.8 Å². The number of carboxylic acid groups (broad SMARTS) is 1. The summed E-state index contributed by atoms with van der Waals surface area (Å²) in [5, 5.41) is 9.20. The van der Waals surface area contributed by atoms with Gasteiger partial charge in [-0.3, -0.25) is 0 Å². The molecule has 3 fully saturated rings. The van der Waals surface area contributed by atoms with Gasteiger partial charge in [-0.05, 0) is 93.5 Å². The topological polar surface area (TPSA) is 92.7 Å². The smallest absolute Gasteiger partial charge is 0.336 e. The van der Waals surface area contributed by atoms with E-state index in [1.165, 1.54) is 0 Å². The Morgan fingerprint density at radius 2 is 1.77 bits per heavy atom. The molecular weight excluding hydrogens is 625 g/mol. The second kappa shape index (κ2) is 18.7. The number of ether oxygens (including phenoxy) is 5. The van der Waals surface area contributed by atoms with Crippen LogP contribution in [0, 0.1) is 23.2 Å². The molecule has 8 atom stereocenters. The van der Waals surface area contributed by atoms with Crippen LogP contribution < -0.4 is 4.74 Å². The van der Waals surface area contributed by atoms with Gasteiger partial charge in [-0.25, -0.2) is 4.79 Å². The third kappa shape index (κ3) is 10.9. The van der Waals surface area contributed by atoms with Crippen molar-refractivity contribution >= 4 is 15.0 Å². The largest absolute Gasteiger partial charge is 0.491 e. The van der Waals surface area contributed by atoms with Gasteiger partial charge in [0.15, 0.2) is 21.6 Å². The summed E-state index contributed by atoms with van der Waals surface area (Å²) in [6.07, 6.45) is 14.8. The second-order valence-corrected chi connectivity index (χ2v) is 17.2. The highest BCUT2D eigenvalue weighted by molar-refractivity contribution is 6.48. The fraction of sp³-hybridized carbons (Fsp3) is 0.692. The molecule has 0 radical (unpaired) electrons. The van der Waals surface area contributed by atoms with Crippen molar-refractivity contribution in [2.45, 2.75) is 129 Å². The van der Waals surface area contributed by atoms with Gasteiger partial charge in [0.2, 0.25) is 0 Å². The van der Waals surface area contributed by atoms with Gasteiger partial charge >= 0.3 is 5.97 Å². The summed E-state index contributed by atoms with van der Waals surface area (Å²) in [6, 6.07) is 9.84. The van der Waals surface area contributed by atoms with E-state index in [-0.39, 0.29) is 48.0 Å². The minimum atomic E-state index is -1.52. The molecule has 4 rings (SSSR count). The highest BCUT2D eigenvalue weighted by Crippen LogP contribution is 2.58. The molecule has 0 aromatic heterocycles. The Morgan fingerprint density at radius 3 is 2.35 bits per heavy atom. The zero-order valence-electron chi connectivity index (χ0n) is 30.1. The van der Waals surface area contributed by atoms with Crippen LogP contribution in [0.3, 0.4) is 0 Å². The summed E-state index contributed by atoms with van der Waals surface area (Å²) in [5.41, 5.74) is 2.24. The zero-order valence-corrected chi connectivity index (χ0v) is 31.3. The molecule has 0 amide bonds. The fourth-order valence-electron chi connectivity index (χ4n) is 7.75. The first-order chi connectivity index (χ1) is 23.0. The molecule has 1 aromatic rings. The van der Waals surface area contributed by atoms with Crippen molar-refractivity contribution in [2.24, 2.45) is 23.2 Å². The van der Waals surface area contributed by atoms with E-state index < -0.39 is 20.6 Å². The summed E-state index contributed by atoms with van der Waals surface area (Å²) >= 11 is 0. The Kier molecular flexibility index (Phi) is 15.0. The van der Waals surface area contributed by atoms with Gasteiger partial charge < -0.3 is 33.2 Å². The highest BCUT2D eigenvalue weighted by atomic mass is 28.3. The van der Waals surface area contributed by atoms with Crippen LogP contribution in [0.4, 0.5) is 0 Å². The molecule has 2 aliphatic heterocycles. The molecule has 8 nitrogen and oxygen atoms in total. The molecule has 2 heterocycles. The van der Waals surface area contributed by atoms with Crippen molar-refractivity contribution in [1.29, 1.82) is 0 Å². The molecule has 8 unspecified atom stereocenters. The molecule has 48 heavy (non-hydrogen) atoms. The summed E-state index contributed by atoms with van der Waals surface area (Å²) in [5.74, 6) is 0.0912. The summed E-state index contributed by atoms with van der Waals surface area (Å²) in [7, 11) is -1.52. The second-order valence-electron chi connectivity index (χ2n) is 14.8. The minimum Gasteiger partial charge on any atom is -0.491 e. The molecule has 3 aliphatic rings. The number of hydrogen-bond acceptors (Lipinski definition) is 7. The standard InChI is InChI=1S/C39H60O8Si/c1-7-29(17-11-12-20-34(40)41)37-32(24-23-31(45-35-21-13-15-25-42-35)28-44-30-18-9-8-10-19-30)33(46-36-22-14-16-26-43-36)27-39(37,38(2,3)4)47-48(5)6/h8-11,18-20,23-24,29,31-33,35-37,48H,7,13-17,21-22,25-28H2,1-6H3,(H,40,41). The number of benzene rings is 1. The number of para-hydroxylation sites is 1. The highest BCUT2D eigenvalue weighted by Gasteiger charge is 2.61. The maximum Gasteiger partial charge on any atom is 0.336 e. The van der Waals surface area contributed by atoms with Gasteiger partial charge in [-0.15, -0.1) is 5.73 Å². The van der Waals surface area contributed by atoms with E-state index in [2.05, 4.69) is 58.7 Å². The number of hydrogen-bond donors (Lipinski definition) is 1. The maximum atomic E-state index is 11.2. The van der Waals surface area contributed by atoms with E-state index in [0.717, 1.165) is 63.2 Å². The molecule has 2 saturated heterocycles. The van der Waals surface area contributed by atoms with Gasteiger partial charge in [-0.2, -0.15) is 0 Å². The summed E-state index contributed by atoms with van der Waals surface area (Å²) in [6.45, 7) is 15.4. The molecule has 9 heteroatoms. The lowest BCUT2D eigenvalue weighted by Gasteiger charge is -2.50. The Hall–Kier alpha value is -2.23. The molecule has 0 spiro atoms. The normalized spacial score (nSPS) is 29.4. The third-order valence-electron chi connectivity index (χ3n) is 10.0. The lowest BCUT2D eigenvalue weighted by atomic mass is 9.63. The van der Waals surface area contributed by atoms with Gasteiger partial charge in [0, 0.05) is 25.6 Å². The van der Waals surface area contributed by atoms with E-state index >= 15 is 0 Å². The van der Waals surface area contributed by atoms with Crippen molar-refractivity contribution in [1.82, 2.24) is 0 Å². The van der Waals surface area contributed by atoms with Crippen LogP contribution in [-0.4, -0.2) is 70.3 Å². The van der Waals surface area contributed by atoms with Crippen LogP contribution >= 0.6 is 0 Å². The van der Waals surface area contributed by atoms with Gasteiger partial charge in [-0.1, -0.05) is 64.5 Å². The summed E-state index contributed by atoms with van der Waals surface area (Å²) in [4.78, 5) is 11.2. The van der Waals surface area contributed by atoms with Crippen molar-refractivity contribution in [3.8, 4) is 5.75 Å². The van der Waals surface area contributed by atoms with Crippen LogP contribution in [0.1, 0.15) is 85.5 Å². The number of aliphatic carboxylic acids is 1. The molecular formula is C39H60O8Si. The van der Waals surface area contributed by atoms with E-state index in [4.69, 9.17) is 28.1 Å². The predicted molar refractivity (Wildman–Crippen MR) is 190 cm³/mol. The first-order valence-electron chi connectivity index (χ1n) is 18.2. The summed E-state index contributed by atoms with van der Waals surface area (Å²) < 4.78 is 39.1. The van der Waals surface area contributed by atoms with E-state index in [0.29, 0.717) is 26.2 Å². The molecule has 1 aliphatic carbocycles. The average molecular weight is 685 g/mol. The molecule has 268 valence electrons. The molecule has 1 N–H and O–H groups in total. The van der Waals surface area contributed by atoms with Crippen LogP contribution in [0.15, 0.2) is 60.4 Å². The molecule has 1 aromatic carbocycles. The average Bonchev–Trinajstić information content (AvgIpc) is 3.36. The van der Waals surface area contributed by atoms with E-state index in [1.807, 2.05) is 36.4 Å². The van der Waals surface area contributed by atoms with E-state index in [1.54, 1.807) is 0 Å². The Morgan fingerprint density at radius 1 is 1.08 bits per heavy atom. The van der Waals surface area contributed by atoms with Gasteiger partial charge in [0.05, 0.1) is 17.8 Å². The lowest BCUT2D eigenvalue weighted by Crippen LogP contribution is -2.53. The fourth-order valence-corrected chi connectivity index (χ4v) is 9.20. The third-order valence-corrected chi connectivity index (χ3v) is 10.9. The number of carbonyl (C=O) groups is 1. The quantitative estimate of drug-likeness (QED) is 0.0809. The molecule has 0 bridgehead atoms. The SMILES string of the molecule is CCC(CC=C=CC(=O)O)C1C(C=CC(COc2ccccc2)OC2CCCCO2)C(OC2CCCCO2)CC1(O[SiH](C)C)C(C)(C)C. The van der Waals surface area contributed by atoms with Crippen molar-refractivity contribution in [3.63, 3.8) is 0 Å². The predicted octanol–water partition coefficient (Wildman–Crippen LogP) is 8.08. The van der Waals surface area contributed by atoms with Gasteiger partial charge in [0.1, 0.15) is 18.5 Å². The van der Waals surface area contributed by atoms with Crippen LogP contribution in [0.2, 0.25) is 13.1 Å². The van der Waals surface area contributed by atoms with Crippen molar-refractivity contribution < 1.29 is 38.0 Å². The first-order valence-corrected chi connectivity index (χ1v) is 21.0. The van der Waals surface area contributed by atoms with Crippen molar-refractivity contribution in [3.05, 3.63) is 60.4 Å². The minimum absolute atomic E-state index is 0.000552. The lowest BCUT2D eigenvalue weighted by molar-refractivity contribution is -0.195. The van der Waals surface area contributed by atoms with Gasteiger partial charge in [0.25, 0.3) is 0 Å². The Labute approximate surface area is 290 Å². The monoisotopic (exact) mass is 684 g/mol. The van der Waals surface area contributed by atoms with Crippen LogP contribution in [0.25, 0.3) is 0 Å². The Bertz CT molecular complexity index is 1190. The Balaban J connectivity index is 1.75. The zero-order chi connectivity index (χ0) is 34.6. The number of carboxylic acids is 1. The molecule has 1 saturated carbocycles.